The van der Waals surface area contributed by atoms with Gasteiger partial charge in [0.05, 0.1) is 0 Å². The Morgan fingerprint density at radius 1 is 1.09 bits per heavy atom. The number of benzene rings is 1. The predicted molar refractivity (Wildman–Crippen MR) is 91.1 cm³/mol. The van der Waals surface area contributed by atoms with E-state index in [1.807, 2.05) is 0 Å². The van der Waals surface area contributed by atoms with Crippen LogP contribution in [0.25, 0.3) is 0 Å². The molecule has 1 fully saturated rings. The molecule has 0 aliphatic heterocycles. The highest BCUT2D eigenvalue weighted by molar-refractivity contribution is 7.98. The molecule has 0 bridgehead atoms. The Morgan fingerprint density at radius 3 is 2.23 bits per heavy atom. The van der Waals surface area contributed by atoms with Crippen LogP contribution in [0.4, 0.5) is 14.5 Å². The van der Waals surface area contributed by atoms with E-state index in [4.69, 9.17) is 0 Å². The minimum Gasteiger partial charge on any atom is -0.380 e. The molecule has 1 saturated carbocycles. The van der Waals surface area contributed by atoms with E-state index in [1.165, 1.54) is 18.2 Å². The van der Waals surface area contributed by atoms with E-state index in [1.54, 1.807) is 11.9 Å². The van der Waals surface area contributed by atoms with Gasteiger partial charge in [0.1, 0.15) is 17.3 Å². The Labute approximate surface area is 136 Å². The van der Waals surface area contributed by atoms with Crippen molar-refractivity contribution in [3.8, 4) is 0 Å². The Bertz CT molecular complexity index is 460. The fourth-order valence-corrected chi connectivity index (χ4v) is 3.41. The molecule has 0 saturated heterocycles. The van der Waals surface area contributed by atoms with Crippen molar-refractivity contribution in [2.75, 3.05) is 11.9 Å². The van der Waals surface area contributed by atoms with Gasteiger partial charge in [-0.3, -0.25) is 4.72 Å². The van der Waals surface area contributed by atoms with Gasteiger partial charge in [-0.05, 0) is 64.5 Å². The van der Waals surface area contributed by atoms with Crippen LogP contribution in [0, 0.1) is 17.6 Å². The Balaban J connectivity index is 1.74. The summed E-state index contributed by atoms with van der Waals surface area (Å²) in [6.45, 7) is 7.23. The molecule has 1 aliphatic carbocycles. The van der Waals surface area contributed by atoms with Gasteiger partial charge in [0, 0.05) is 17.3 Å². The third-order valence-corrected chi connectivity index (χ3v) is 4.97. The molecule has 0 atom stereocenters. The summed E-state index contributed by atoms with van der Waals surface area (Å²) in [5, 5.41) is 2.95. The average molecular weight is 328 g/mol. The molecule has 1 aromatic rings. The third-order valence-electron chi connectivity index (χ3n) is 3.91. The van der Waals surface area contributed by atoms with Crippen molar-refractivity contribution in [1.29, 1.82) is 0 Å². The first-order valence-electron chi connectivity index (χ1n) is 7.96. The van der Waals surface area contributed by atoms with Crippen LogP contribution in [0.3, 0.4) is 0 Å². The van der Waals surface area contributed by atoms with Crippen LogP contribution in [0.5, 0.6) is 0 Å². The molecule has 22 heavy (non-hydrogen) atoms. The molecule has 0 unspecified atom stereocenters. The van der Waals surface area contributed by atoms with Crippen molar-refractivity contribution in [3.63, 3.8) is 0 Å². The highest BCUT2D eigenvalue weighted by Gasteiger charge is 2.23. The number of halogens is 2. The molecule has 1 aliphatic rings. The number of nitrogens with one attached hydrogen (secondary N) is 2. The molecule has 2 N–H and O–H groups in total. The molecule has 0 radical (unpaired) electrons. The lowest BCUT2D eigenvalue weighted by Crippen LogP contribution is -2.33. The zero-order chi connectivity index (χ0) is 16.2. The van der Waals surface area contributed by atoms with Gasteiger partial charge in [-0.25, -0.2) is 8.78 Å². The third kappa shape index (κ3) is 5.43. The minimum absolute atomic E-state index is 0.00559. The van der Waals surface area contributed by atoms with Gasteiger partial charge in [0.25, 0.3) is 0 Å². The lowest BCUT2D eigenvalue weighted by atomic mass is 9.86. The average Bonchev–Trinajstić information content (AvgIpc) is 2.45. The minimum atomic E-state index is -0.517. The zero-order valence-electron chi connectivity index (χ0n) is 13.6. The van der Waals surface area contributed by atoms with Gasteiger partial charge < -0.3 is 5.32 Å². The largest absolute Gasteiger partial charge is 0.380 e. The fourth-order valence-electron chi connectivity index (χ4n) is 2.66. The first kappa shape index (κ1) is 17.5. The molecule has 0 spiro atoms. The van der Waals surface area contributed by atoms with E-state index in [0.29, 0.717) is 18.5 Å². The molecule has 5 heteroatoms. The smallest absolute Gasteiger partial charge is 0.149 e. The molecule has 0 amide bonds. The van der Waals surface area contributed by atoms with Crippen molar-refractivity contribution in [1.82, 2.24) is 4.72 Å². The van der Waals surface area contributed by atoms with Crippen molar-refractivity contribution >= 4 is 17.6 Å². The summed E-state index contributed by atoms with van der Waals surface area (Å²) in [6, 6.07) is 4.51. The van der Waals surface area contributed by atoms with Crippen LogP contribution in [-0.4, -0.2) is 17.3 Å². The van der Waals surface area contributed by atoms with Crippen LogP contribution in [0.1, 0.15) is 46.5 Å². The second-order valence-electron chi connectivity index (χ2n) is 7.03. The van der Waals surface area contributed by atoms with E-state index in [-0.39, 0.29) is 10.4 Å². The normalized spacial score (nSPS) is 22.6. The number of anilines is 1. The SMILES string of the molecule is CC(C)(C)SN[C@H]1CC[C@H](CNc2c(F)cccc2F)CC1. The molecule has 124 valence electrons. The Hall–Kier alpha value is -0.810. The Kier molecular flexibility index (Phi) is 6.09. The lowest BCUT2D eigenvalue weighted by Gasteiger charge is -2.31. The molecule has 2 rings (SSSR count). The van der Waals surface area contributed by atoms with Gasteiger partial charge in [-0.1, -0.05) is 18.0 Å². The molecule has 0 aromatic heterocycles. The van der Waals surface area contributed by atoms with Crippen LogP contribution in [-0.2, 0) is 0 Å². The summed E-state index contributed by atoms with van der Waals surface area (Å²) in [7, 11) is 0. The van der Waals surface area contributed by atoms with Crippen molar-refractivity contribution in [2.45, 2.75) is 57.2 Å². The van der Waals surface area contributed by atoms with E-state index in [9.17, 15) is 8.78 Å². The van der Waals surface area contributed by atoms with Gasteiger partial charge in [-0.15, -0.1) is 0 Å². The molecule has 1 aromatic carbocycles. The second kappa shape index (κ2) is 7.64. The standard InChI is InChI=1S/C17H26F2N2S/c1-17(2,3)22-21-13-9-7-12(8-10-13)11-20-16-14(18)5-4-6-15(16)19/h4-6,12-13,20-21H,7-11H2,1-3H3/t12-,13-. The fraction of sp³-hybridized carbons (Fsp3) is 0.647. The van der Waals surface area contributed by atoms with Gasteiger partial charge >= 0.3 is 0 Å². The van der Waals surface area contributed by atoms with Gasteiger partial charge in [0.15, 0.2) is 0 Å². The second-order valence-corrected chi connectivity index (χ2v) is 8.69. The maximum atomic E-state index is 13.6. The summed E-state index contributed by atoms with van der Waals surface area (Å²) in [4.78, 5) is 0. The Morgan fingerprint density at radius 2 is 1.68 bits per heavy atom. The highest BCUT2D eigenvalue weighted by atomic mass is 32.2. The topological polar surface area (TPSA) is 24.1 Å². The van der Waals surface area contributed by atoms with E-state index in [0.717, 1.165) is 25.7 Å². The van der Waals surface area contributed by atoms with E-state index >= 15 is 0 Å². The van der Waals surface area contributed by atoms with Crippen molar-refractivity contribution in [3.05, 3.63) is 29.8 Å². The maximum Gasteiger partial charge on any atom is 0.149 e. The zero-order valence-corrected chi connectivity index (χ0v) is 14.4. The number of hydrogen-bond acceptors (Lipinski definition) is 3. The van der Waals surface area contributed by atoms with Crippen LogP contribution < -0.4 is 10.0 Å². The maximum absolute atomic E-state index is 13.6. The molecular weight excluding hydrogens is 302 g/mol. The monoisotopic (exact) mass is 328 g/mol. The summed E-state index contributed by atoms with van der Waals surface area (Å²) in [5.74, 6) is -0.550. The van der Waals surface area contributed by atoms with E-state index < -0.39 is 11.6 Å². The quantitative estimate of drug-likeness (QED) is 0.746. The molecular formula is C17H26F2N2S. The lowest BCUT2D eigenvalue weighted by molar-refractivity contribution is 0.327. The molecule has 0 heterocycles. The van der Waals surface area contributed by atoms with Crippen molar-refractivity contribution in [2.24, 2.45) is 5.92 Å². The first-order chi connectivity index (χ1) is 10.3. The van der Waals surface area contributed by atoms with Gasteiger partial charge in [0.2, 0.25) is 0 Å². The highest BCUT2D eigenvalue weighted by Crippen LogP contribution is 2.29. The summed E-state index contributed by atoms with van der Waals surface area (Å²) >= 11 is 1.79. The summed E-state index contributed by atoms with van der Waals surface area (Å²) in [6.07, 6.45) is 4.42. The number of rotatable bonds is 5. The predicted octanol–water partition coefficient (Wildman–Crippen LogP) is 4.97. The number of hydrogen-bond donors (Lipinski definition) is 2. The van der Waals surface area contributed by atoms with Crippen LogP contribution in [0.2, 0.25) is 0 Å². The first-order valence-corrected chi connectivity index (χ1v) is 8.78. The number of para-hydroxylation sites is 1. The molecule has 2 nitrogen and oxygen atoms in total. The van der Waals surface area contributed by atoms with Crippen LogP contribution >= 0.6 is 11.9 Å². The summed E-state index contributed by atoms with van der Waals surface area (Å²) < 4.78 is 30.9. The van der Waals surface area contributed by atoms with E-state index in [2.05, 4.69) is 30.8 Å². The van der Waals surface area contributed by atoms with Crippen molar-refractivity contribution < 1.29 is 8.78 Å². The van der Waals surface area contributed by atoms with Crippen LogP contribution in [0.15, 0.2) is 18.2 Å². The van der Waals surface area contributed by atoms with Gasteiger partial charge in [-0.2, -0.15) is 0 Å². The summed E-state index contributed by atoms with van der Waals surface area (Å²) in [5.41, 5.74) is 0.00559.